The van der Waals surface area contributed by atoms with Gasteiger partial charge in [-0.15, -0.1) is 10.2 Å². The molecule has 2 aromatic rings. The Morgan fingerprint density at radius 3 is 2.85 bits per heavy atom. The number of amides is 1. The number of benzene rings is 1. The minimum Gasteiger partial charge on any atom is -0.496 e. The molecule has 0 aliphatic carbocycles. The first kappa shape index (κ1) is 18.0. The molecule has 0 bridgehead atoms. The summed E-state index contributed by atoms with van der Waals surface area (Å²) in [6, 6.07) is 5.71. The highest BCUT2D eigenvalue weighted by Crippen LogP contribution is 2.35. The molecule has 4 rings (SSSR count). The van der Waals surface area contributed by atoms with Crippen molar-refractivity contribution in [1.29, 1.82) is 0 Å². The average molecular weight is 369 g/mol. The maximum absolute atomic E-state index is 13.4. The van der Waals surface area contributed by atoms with Crippen LogP contribution in [0.3, 0.4) is 0 Å². The monoisotopic (exact) mass is 369 g/mol. The molecule has 3 heterocycles. The van der Waals surface area contributed by atoms with E-state index in [1.165, 1.54) is 0 Å². The highest BCUT2D eigenvalue weighted by molar-refractivity contribution is 5.97. The van der Waals surface area contributed by atoms with Gasteiger partial charge in [0.2, 0.25) is 0 Å². The Morgan fingerprint density at radius 2 is 2.04 bits per heavy atom. The second-order valence-electron chi connectivity index (χ2n) is 7.49. The number of carbonyl (C=O) groups is 1. The normalized spacial score (nSPS) is 20.4. The number of hydrogen-bond acceptors (Lipinski definition) is 5. The van der Waals surface area contributed by atoms with E-state index in [9.17, 15) is 4.79 Å². The van der Waals surface area contributed by atoms with E-state index in [0.29, 0.717) is 11.3 Å². The van der Waals surface area contributed by atoms with E-state index in [0.717, 1.165) is 62.7 Å². The molecule has 1 saturated heterocycles. The summed E-state index contributed by atoms with van der Waals surface area (Å²) in [6.45, 7) is 5.55. The number of rotatable bonds is 3. The maximum atomic E-state index is 13.4. The van der Waals surface area contributed by atoms with Crippen LogP contribution in [0.4, 0.5) is 0 Å². The van der Waals surface area contributed by atoms with Gasteiger partial charge in [0.1, 0.15) is 11.6 Å². The first-order valence-corrected chi connectivity index (χ1v) is 9.65. The third-order valence-electron chi connectivity index (χ3n) is 5.74. The van der Waals surface area contributed by atoms with E-state index in [1.54, 1.807) is 7.11 Å². The number of nitrogens with zero attached hydrogens (tertiary/aromatic N) is 5. The van der Waals surface area contributed by atoms with Crippen molar-refractivity contribution in [2.45, 2.75) is 38.8 Å². The van der Waals surface area contributed by atoms with Crippen LogP contribution in [0.1, 0.15) is 46.5 Å². The molecule has 1 aromatic heterocycles. The molecule has 7 heteroatoms. The number of aryl methyl sites for hydroxylation is 1. The van der Waals surface area contributed by atoms with Gasteiger partial charge < -0.3 is 19.1 Å². The highest BCUT2D eigenvalue weighted by atomic mass is 16.5. The number of para-hydroxylation sites is 1. The van der Waals surface area contributed by atoms with E-state index < -0.39 is 0 Å². The summed E-state index contributed by atoms with van der Waals surface area (Å²) < 4.78 is 7.74. The second kappa shape index (κ2) is 7.31. The molecular weight excluding hydrogens is 342 g/mol. The van der Waals surface area contributed by atoms with E-state index in [-0.39, 0.29) is 11.9 Å². The van der Waals surface area contributed by atoms with Crippen molar-refractivity contribution in [3.8, 4) is 5.75 Å². The lowest BCUT2D eigenvalue weighted by Gasteiger charge is -2.26. The van der Waals surface area contributed by atoms with Crippen LogP contribution in [0.25, 0.3) is 0 Å². The van der Waals surface area contributed by atoms with Crippen molar-refractivity contribution in [3.63, 3.8) is 0 Å². The fraction of sp³-hybridized carbons (Fsp3) is 0.550. The zero-order valence-corrected chi connectivity index (χ0v) is 16.3. The Hall–Kier alpha value is -2.41. The Bertz CT molecular complexity index is 847. The van der Waals surface area contributed by atoms with Gasteiger partial charge in [-0.2, -0.15) is 0 Å². The SMILES string of the molecule is COc1c(C)cccc1C(=O)N1CCCC1c1nnc2n1CCN(C)CC2. The molecule has 2 aliphatic rings. The van der Waals surface area contributed by atoms with Gasteiger partial charge in [-0.3, -0.25) is 4.79 Å². The third-order valence-corrected chi connectivity index (χ3v) is 5.74. The number of likely N-dealkylation sites (N-methyl/N-ethyl adjacent to an activating group) is 1. The van der Waals surface area contributed by atoms with E-state index >= 15 is 0 Å². The molecule has 7 nitrogen and oxygen atoms in total. The summed E-state index contributed by atoms with van der Waals surface area (Å²) in [5, 5.41) is 8.94. The minimum absolute atomic E-state index is 0.0149. The summed E-state index contributed by atoms with van der Waals surface area (Å²) >= 11 is 0. The average Bonchev–Trinajstić information content (AvgIpc) is 3.26. The lowest BCUT2D eigenvalue weighted by molar-refractivity contribution is 0.0723. The van der Waals surface area contributed by atoms with Crippen molar-refractivity contribution in [2.75, 3.05) is 33.8 Å². The standard InChI is InChI=1S/C20H27N5O2/c1-14-6-4-7-15(18(14)27-3)20(26)24-10-5-8-16(24)19-22-21-17-9-11-23(2)12-13-25(17)19/h4,6-7,16H,5,8-13H2,1-3H3. The van der Waals surface area contributed by atoms with Crippen molar-refractivity contribution >= 4 is 5.91 Å². The number of methoxy groups -OCH3 is 1. The third kappa shape index (κ3) is 3.20. The van der Waals surface area contributed by atoms with Gasteiger partial charge in [-0.1, -0.05) is 12.1 Å². The summed E-state index contributed by atoms with van der Waals surface area (Å²) in [6.07, 6.45) is 2.80. The molecule has 0 radical (unpaired) electrons. The molecule has 0 spiro atoms. The van der Waals surface area contributed by atoms with Crippen LogP contribution in [0.2, 0.25) is 0 Å². The van der Waals surface area contributed by atoms with Crippen LogP contribution >= 0.6 is 0 Å². The smallest absolute Gasteiger partial charge is 0.258 e. The van der Waals surface area contributed by atoms with Crippen molar-refractivity contribution < 1.29 is 9.53 Å². The summed E-state index contributed by atoms with van der Waals surface area (Å²) in [5.41, 5.74) is 1.60. The Balaban J connectivity index is 1.65. The number of fused-ring (bicyclic) bond motifs is 1. The second-order valence-corrected chi connectivity index (χ2v) is 7.49. The van der Waals surface area contributed by atoms with Crippen LogP contribution < -0.4 is 4.74 Å². The molecule has 0 saturated carbocycles. The van der Waals surface area contributed by atoms with Gasteiger partial charge in [0, 0.05) is 32.6 Å². The number of carbonyl (C=O) groups excluding carboxylic acids is 1. The first-order chi connectivity index (χ1) is 13.1. The number of aromatic nitrogens is 3. The Kier molecular flexibility index (Phi) is 4.86. The molecule has 1 fully saturated rings. The molecule has 1 unspecified atom stereocenters. The fourth-order valence-electron chi connectivity index (χ4n) is 4.22. The summed E-state index contributed by atoms with van der Waals surface area (Å²) in [4.78, 5) is 17.6. The van der Waals surface area contributed by atoms with E-state index in [1.807, 2.05) is 30.0 Å². The number of hydrogen-bond donors (Lipinski definition) is 0. The van der Waals surface area contributed by atoms with Gasteiger partial charge in [0.05, 0.1) is 18.7 Å². The molecule has 144 valence electrons. The first-order valence-electron chi connectivity index (χ1n) is 9.65. The van der Waals surface area contributed by atoms with Crippen molar-refractivity contribution in [1.82, 2.24) is 24.6 Å². The largest absolute Gasteiger partial charge is 0.496 e. The summed E-state index contributed by atoms with van der Waals surface area (Å²) in [5.74, 6) is 2.63. The van der Waals surface area contributed by atoms with Gasteiger partial charge in [-0.25, -0.2) is 0 Å². The molecule has 1 atom stereocenters. The Labute approximate surface area is 159 Å². The van der Waals surface area contributed by atoms with E-state index in [4.69, 9.17) is 4.74 Å². The maximum Gasteiger partial charge on any atom is 0.258 e. The van der Waals surface area contributed by atoms with E-state index in [2.05, 4.69) is 26.7 Å². The van der Waals surface area contributed by atoms with Crippen LogP contribution in [-0.4, -0.2) is 64.3 Å². The van der Waals surface area contributed by atoms with Crippen LogP contribution in [0.15, 0.2) is 18.2 Å². The molecule has 1 aromatic carbocycles. The van der Waals surface area contributed by atoms with Gasteiger partial charge in [0.25, 0.3) is 5.91 Å². The molecule has 2 aliphatic heterocycles. The lowest BCUT2D eigenvalue weighted by atomic mass is 10.1. The highest BCUT2D eigenvalue weighted by Gasteiger charge is 2.36. The van der Waals surface area contributed by atoms with Gasteiger partial charge in [-0.05, 0) is 38.4 Å². The van der Waals surface area contributed by atoms with Crippen molar-refractivity contribution in [3.05, 3.63) is 41.0 Å². The predicted octanol–water partition coefficient (Wildman–Crippen LogP) is 2.06. The number of ether oxygens (including phenoxy) is 1. The van der Waals surface area contributed by atoms with Gasteiger partial charge in [0.15, 0.2) is 5.82 Å². The summed E-state index contributed by atoms with van der Waals surface area (Å²) in [7, 11) is 3.75. The zero-order valence-electron chi connectivity index (χ0n) is 16.3. The van der Waals surface area contributed by atoms with Crippen LogP contribution in [0.5, 0.6) is 5.75 Å². The Morgan fingerprint density at radius 1 is 1.19 bits per heavy atom. The van der Waals surface area contributed by atoms with Crippen molar-refractivity contribution in [2.24, 2.45) is 0 Å². The quantitative estimate of drug-likeness (QED) is 0.829. The lowest BCUT2D eigenvalue weighted by Crippen LogP contribution is -2.33. The number of likely N-dealkylation sites (tertiary alicyclic amines) is 1. The minimum atomic E-state index is -0.0209. The van der Waals surface area contributed by atoms with Gasteiger partial charge >= 0.3 is 0 Å². The molecule has 0 N–H and O–H groups in total. The predicted molar refractivity (Wildman–Crippen MR) is 102 cm³/mol. The molecular formula is C20H27N5O2. The fourth-order valence-corrected chi connectivity index (χ4v) is 4.22. The molecule has 27 heavy (non-hydrogen) atoms. The molecule has 1 amide bonds. The topological polar surface area (TPSA) is 63.5 Å². The van der Waals surface area contributed by atoms with Crippen LogP contribution in [0, 0.1) is 6.92 Å². The zero-order chi connectivity index (χ0) is 19.0. The van der Waals surface area contributed by atoms with Crippen LogP contribution in [-0.2, 0) is 13.0 Å².